The molecule has 5 nitrogen and oxygen atoms in total. The van der Waals surface area contributed by atoms with Crippen molar-refractivity contribution < 1.29 is 4.79 Å². The summed E-state index contributed by atoms with van der Waals surface area (Å²) in [5.74, 6) is -0.600. The Morgan fingerprint density at radius 1 is 1.64 bits per heavy atom. The van der Waals surface area contributed by atoms with Crippen molar-refractivity contribution in [2.75, 3.05) is 5.32 Å². The standard InChI is InChI=1S/C8H9ClN4O/c9-8-11-3-5(12-4-1-2-4)6(13-8)7(10)14/h3-4,12H,1-2H2,(H2,10,14). The Morgan fingerprint density at radius 2 is 2.36 bits per heavy atom. The summed E-state index contributed by atoms with van der Waals surface area (Å²) in [6, 6.07) is 0.415. The Hall–Kier alpha value is -1.36. The lowest BCUT2D eigenvalue weighted by atomic mass is 10.3. The van der Waals surface area contributed by atoms with Crippen LogP contribution in [0.1, 0.15) is 23.3 Å². The number of carbonyl (C=O) groups is 1. The Kier molecular flexibility index (Phi) is 2.25. The summed E-state index contributed by atoms with van der Waals surface area (Å²) in [6.45, 7) is 0. The zero-order valence-electron chi connectivity index (χ0n) is 7.33. The molecule has 2 rings (SSSR count). The maximum Gasteiger partial charge on any atom is 0.269 e. The largest absolute Gasteiger partial charge is 0.379 e. The minimum Gasteiger partial charge on any atom is -0.379 e. The van der Waals surface area contributed by atoms with E-state index in [-0.39, 0.29) is 11.0 Å². The number of nitrogens with one attached hydrogen (secondary N) is 1. The molecule has 0 aliphatic heterocycles. The van der Waals surface area contributed by atoms with Crippen LogP contribution in [0.3, 0.4) is 0 Å². The van der Waals surface area contributed by atoms with Gasteiger partial charge in [0.25, 0.3) is 5.91 Å². The quantitative estimate of drug-likeness (QED) is 0.727. The highest BCUT2D eigenvalue weighted by Gasteiger charge is 2.23. The van der Waals surface area contributed by atoms with Gasteiger partial charge in [0, 0.05) is 6.04 Å². The molecule has 1 aliphatic rings. The van der Waals surface area contributed by atoms with Crippen LogP contribution in [-0.2, 0) is 0 Å². The number of amides is 1. The molecule has 6 heteroatoms. The van der Waals surface area contributed by atoms with Crippen molar-refractivity contribution in [3.63, 3.8) is 0 Å². The zero-order chi connectivity index (χ0) is 10.1. The second-order valence-electron chi connectivity index (χ2n) is 3.18. The number of hydrogen-bond acceptors (Lipinski definition) is 4. The van der Waals surface area contributed by atoms with Crippen LogP contribution in [0.15, 0.2) is 6.20 Å². The third-order valence-corrected chi connectivity index (χ3v) is 2.11. The Bertz CT molecular complexity index is 378. The van der Waals surface area contributed by atoms with Gasteiger partial charge in [0.2, 0.25) is 5.28 Å². The van der Waals surface area contributed by atoms with Gasteiger partial charge in [-0.05, 0) is 24.4 Å². The predicted octanol–water partition coefficient (Wildman–Crippen LogP) is 0.803. The second-order valence-corrected chi connectivity index (χ2v) is 3.52. The van der Waals surface area contributed by atoms with Gasteiger partial charge in [-0.15, -0.1) is 0 Å². The number of hydrogen-bond donors (Lipinski definition) is 2. The van der Waals surface area contributed by atoms with E-state index in [2.05, 4.69) is 15.3 Å². The SMILES string of the molecule is NC(=O)c1nc(Cl)ncc1NC1CC1. The molecule has 1 aromatic heterocycles. The van der Waals surface area contributed by atoms with Gasteiger partial charge in [-0.3, -0.25) is 4.79 Å². The van der Waals surface area contributed by atoms with E-state index in [4.69, 9.17) is 17.3 Å². The lowest BCUT2D eigenvalue weighted by molar-refractivity contribution is 0.0996. The molecule has 14 heavy (non-hydrogen) atoms. The number of carbonyl (C=O) groups excluding carboxylic acids is 1. The number of nitrogens with zero attached hydrogens (tertiary/aromatic N) is 2. The smallest absolute Gasteiger partial charge is 0.269 e. The summed E-state index contributed by atoms with van der Waals surface area (Å²) in [5, 5.41) is 3.14. The second kappa shape index (κ2) is 3.42. The molecule has 0 unspecified atom stereocenters. The monoisotopic (exact) mass is 212 g/mol. The zero-order valence-corrected chi connectivity index (χ0v) is 8.08. The van der Waals surface area contributed by atoms with Crippen molar-refractivity contribution >= 4 is 23.2 Å². The summed E-state index contributed by atoms with van der Waals surface area (Å²) in [4.78, 5) is 18.6. The lowest BCUT2D eigenvalue weighted by Gasteiger charge is -2.06. The fourth-order valence-electron chi connectivity index (χ4n) is 1.10. The maximum absolute atomic E-state index is 11.0. The molecular weight excluding hydrogens is 204 g/mol. The first kappa shape index (κ1) is 9.21. The Morgan fingerprint density at radius 3 is 2.93 bits per heavy atom. The van der Waals surface area contributed by atoms with Crippen LogP contribution in [0.25, 0.3) is 0 Å². The summed E-state index contributed by atoms with van der Waals surface area (Å²) in [6.07, 6.45) is 3.68. The van der Waals surface area contributed by atoms with Crippen LogP contribution < -0.4 is 11.1 Å². The first-order valence-electron chi connectivity index (χ1n) is 4.25. The number of primary amides is 1. The van der Waals surface area contributed by atoms with E-state index < -0.39 is 5.91 Å². The highest BCUT2D eigenvalue weighted by molar-refractivity contribution is 6.28. The van der Waals surface area contributed by atoms with Gasteiger partial charge < -0.3 is 11.1 Å². The van der Waals surface area contributed by atoms with Crippen LogP contribution in [0.4, 0.5) is 5.69 Å². The van der Waals surface area contributed by atoms with E-state index in [1.54, 1.807) is 0 Å². The van der Waals surface area contributed by atoms with Crippen molar-refractivity contribution in [3.8, 4) is 0 Å². The van der Waals surface area contributed by atoms with E-state index in [9.17, 15) is 4.79 Å². The van der Waals surface area contributed by atoms with Gasteiger partial charge in [-0.1, -0.05) is 0 Å². The van der Waals surface area contributed by atoms with Gasteiger partial charge >= 0.3 is 0 Å². The van der Waals surface area contributed by atoms with Crippen molar-refractivity contribution in [2.45, 2.75) is 18.9 Å². The van der Waals surface area contributed by atoms with Gasteiger partial charge in [0.1, 0.15) is 0 Å². The van der Waals surface area contributed by atoms with E-state index in [1.165, 1.54) is 6.20 Å². The maximum atomic E-state index is 11.0. The van der Waals surface area contributed by atoms with Gasteiger partial charge in [-0.2, -0.15) is 0 Å². The van der Waals surface area contributed by atoms with Crippen LogP contribution in [0, 0.1) is 0 Å². The predicted molar refractivity (Wildman–Crippen MR) is 52.2 cm³/mol. The van der Waals surface area contributed by atoms with Crippen LogP contribution in [0.2, 0.25) is 5.28 Å². The number of nitrogens with two attached hydrogens (primary N) is 1. The van der Waals surface area contributed by atoms with Crippen molar-refractivity contribution in [1.29, 1.82) is 0 Å². The molecule has 1 heterocycles. The van der Waals surface area contributed by atoms with Crippen LogP contribution >= 0.6 is 11.6 Å². The minimum atomic E-state index is -0.600. The molecule has 0 bridgehead atoms. The molecule has 1 aromatic rings. The van der Waals surface area contributed by atoms with Crippen molar-refractivity contribution in [2.24, 2.45) is 5.73 Å². The molecule has 0 saturated heterocycles. The molecule has 0 spiro atoms. The molecule has 3 N–H and O–H groups in total. The number of aromatic nitrogens is 2. The average molecular weight is 213 g/mol. The first-order chi connectivity index (χ1) is 6.66. The van der Waals surface area contributed by atoms with Gasteiger partial charge in [0.05, 0.1) is 11.9 Å². The molecule has 0 radical (unpaired) electrons. The van der Waals surface area contributed by atoms with E-state index in [0.29, 0.717) is 11.7 Å². The van der Waals surface area contributed by atoms with Crippen LogP contribution in [-0.4, -0.2) is 21.9 Å². The summed E-state index contributed by atoms with van der Waals surface area (Å²) in [7, 11) is 0. The van der Waals surface area contributed by atoms with Crippen LogP contribution in [0.5, 0.6) is 0 Å². The fourth-order valence-corrected chi connectivity index (χ4v) is 1.23. The Balaban J connectivity index is 2.31. The van der Waals surface area contributed by atoms with E-state index in [1.807, 2.05) is 0 Å². The fraction of sp³-hybridized carbons (Fsp3) is 0.375. The molecule has 74 valence electrons. The minimum absolute atomic E-state index is 0.0279. The normalized spacial score (nSPS) is 15.2. The molecule has 0 aromatic carbocycles. The average Bonchev–Trinajstić information content (AvgIpc) is 2.91. The van der Waals surface area contributed by atoms with E-state index in [0.717, 1.165) is 12.8 Å². The number of rotatable bonds is 3. The van der Waals surface area contributed by atoms with E-state index >= 15 is 0 Å². The summed E-state index contributed by atoms with van der Waals surface area (Å²) in [5.41, 5.74) is 5.86. The molecule has 1 saturated carbocycles. The molecule has 1 amide bonds. The molecule has 0 atom stereocenters. The van der Waals surface area contributed by atoms with Gasteiger partial charge in [-0.25, -0.2) is 9.97 Å². The van der Waals surface area contributed by atoms with Gasteiger partial charge in [0.15, 0.2) is 5.69 Å². The lowest BCUT2D eigenvalue weighted by Crippen LogP contribution is -2.17. The summed E-state index contributed by atoms with van der Waals surface area (Å²) < 4.78 is 0. The topological polar surface area (TPSA) is 80.9 Å². The third kappa shape index (κ3) is 1.93. The molecular formula is C8H9ClN4O. The number of anilines is 1. The van der Waals surface area contributed by atoms with Crippen molar-refractivity contribution in [3.05, 3.63) is 17.2 Å². The Labute approximate surface area is 85.7 Å². The third-order valence-electron chi connectivity index (χ3n) is 1.93. The molecule has 1 fully saturated rings. The highest BCUT2D eigenvalue weighted by Crippen LogP contribution is 2.25. The first-order valence-corrected chi connectivity index (χ1v) is 4.63. The number of halogens is 1. The highest BCUT2D eigenvalue weighted by atomic mass is 35.5. The molecule has 1 aliphatic carbocycles. The summed E-state index contributed by atoms with van der Waals surface area (Å²) >= 11 is 5.56. The van der Waals surface area contributed by atoms with Crippen molar-refractivity contribution in [1.82, 2.24) is 9.97 Å².